The summed E-state index contributed by atoms with van der Waals surface area (Å²) < 4.78 is 7.44. The molecule has 0 unspecified atom stereocenters. The van der Waals surface area contributed by atoms with Crippen LogP contribution in [0.4, 0.5) is 0 Å². The molecule has 0 spiro atoms. The maximum atomic E-state index is 12.4. The lowest BCUT2D eigenvalue weighted by atomic mass is 10.2. The Kier molecular flexibility index (Phi) is 6.34. The van der Waals surface area contributed by atoms with E-state index >= 15 is 0 Å². The van der Waals surface area contributed by atoms with E-state index in [0.29, 0.717) is 17.9 Å². The Morgan fingerprint density at radius 2 is 1.55 bits per heavy atom. The van der Waals surface area contributed by atoms with Crippen LogP contribution in [-0.2, 0) is 11.3 Å². The van der Waals surface area contributed by atoms with E-state index in [1.54, 1.807) is 35.9 Å². The van der Waals surface area contributed by atoms with E-state index in [4.69, 9.17) is 4.74 Å². The average molecular weight is 391 g/mol. The number of rotatable bonds is 7. The van der Waals surface area contributed by atoms with Gasteiger partial charge in [0.1, 0.15) is 5.75 Å². The summed E-state index contributed by atoms with van der Waals surface area (Å²) in [6.07, 6.45) is -0.649. The van der Waals surface area contributed by atoms with Crippen LogP contribution in [0.15, 0.2) is 66.7 Å². The minimum atomic E-state index is -0.649. The number of aromatic nitrogens is 1. The summed E-state index contributed by atoms with van der Waals surface area (Å²) in [5.41, 5.74) is 6.29. The number of benzene rings is 2. The van der Waals surface area contributed by atoms with Crippen LogP contribution in [0.25, 0.3) is 0 Å². The Hall–Kier alpha value is -3.54. The predicted molar refractivity (Wildman–Crippen MR) is 112 cm³/mol. The smallest absolute Gasteiger partial charge is 0.270 e. The normalized spacial score (nSPS) is 11.6. The second kappa shape index (κ2) is 9.10. The molecule has 150 valence electrons. The van der Waals surface area contributed by atoms with E-state index in [9.17, 15) is 9.59 Å². The van der Waals surface area contributed by atoms with Gasteiger partial charge in [0, 0.05) is 23.5 Å². The molecule has 3 aromatic rings. The second-order valence-electron chi connectivity index (χ2n) is 6.88. The molecule has 2 amide bonds. The molecular formula is C23H25N3O3. The molecule has 6 heteroatoms. The van der Waals surface area contributed by atoms with E-state index in [1.807, 2.05) is 56.3 Å². The van der Waals surface area contributed by atoms with Gasteiger partial charge in [-0.3, -0.25) is 19.7 Å². The molecule has 0 radical (unpaired) electrons. The lowest BCUT2D eigenvalue weighted by Crippen LogP contribution is -2.35. The van der Waals surface area contributed by atoms with Gasteiger partial charge >= 0.3 is 0 Å². The van der Waals surface area contributed by atoms with Gasteiger partial charge in [-0.15, -0.1) is 0 Å². The first-order valence-corrected chi connectivity index (χ1v) is 9.48. The van der Waals surface area contributed by atoms with Gasteiger partial charge in [0.05, 0.1) is 0 Å². The SMILES string of the molecule is Cc1ccc(C)n1NC(=O)c1ccc(O[C@@H](C)C(=O)NCc2ccccc2)cc1. The van der Waals surface area contributed by atoms with Crippen LogP contribution in [0.2, 0.25) is 0 Å². The van der Waals surface area contributed by atoms with Crippen molar-refractivity contribution >= 4 is 11.8 Å². The van der Waals surface area contributed by atoms with Gasteiger partial charge in [0.15, 0.2) is 6.10 Å². The summed E-state index contributed by atoms with van der Waals surface area (Å²) in [4.78, 5) is 24.7. The molecule has 1 heterocycles. The fourth-order valence-electron chi connectivity index (χ4n) is 2.88. The molecule has 0 fully saturated rings. The molecule has 29 heavy (non-hydrogen) atoms. The molecule has 6 nitrogen and oxygen atoms in total. The van der Waals surface area contributed by atoms with Gasteiger partial charge in [-0.2, -0.15) is 0 Å². The van der Waals surface area contributed by atoms with Crippen molar-refractivity contribution in [3.8, 4) is 5.75 Å². The first kappa shape index (κ1) is 20.2. The molecule has 0 saturated heterocycles. The highest BCUT2D eigenvalue weighted by Crippen LogP contribution is 2.15. The Morgan fingerprint density at radius 1 is 0.931 bits per heavy atom. The largest absolute Gasteiger partial charge is 0.481 e. The Bertz CT molecular complexity index is 959. The first-order chi connectivity index (χ1) is 13.9. The van der Waals surface area contributed by atoms with Crippen LogP contribution >= 0.6 is 0 Å². The van der Waals surface area contributed by atoms with Gasteiger partial charge in [0.2, 0.25) is 0 Å². The number of hydrogen-bond donors (Lipinski definition) is 2. The maximum absolute atomic E-state index is 12.4. The van der Waals surface area contributed by atoms with Crippen LogP contribution in [0, 0.1) is 13.8 Å². The predicted octanol–water partition coefficient (Wildman–Crippen LogP) is 3.57. The van der Waals surface area contributed by atoms with Crippen LogP contribution in [0.5, 0.6) is 5.75 Å². The van der Waals surface area contributed by atoms with Gasteiger partial charge in [0.25, 0.3) is 11.8 Å². The van der Waals surface area contributed by atoms with Crippen molar-refractivity contribution in [3.63, 3.8) is 0 Å². The van der Waals surface area contributed by atoms with Crippen molar-refractivity contribution in [2.75, 3.05) is 5.43 Å². The molecule has 0 aliphatic rings. The molecular weight excluding hydrogens is 366 g/mol. The van der Waals surface area contributed by atoms with Gasteiger partial charge in [-0.1, -0.05) is 30.3 Å². The fraction of sp³-hybridized carbons (Fsp3) is 0.217. The zero-order valence-electron chi connectivity index (χ0n) is 16.8. The fourth-order valence-corrected chi connectivity index (χ4v) is 2.88. The number of ether oxygens (including phenoxy) is 1. The Morgan fingerprint density at radius 3 is 2.17 bits per heavy atom. The van der Waals surface area contributed by atoms with Crippen molar-refractivity contribution in [1.82, 2.24) is 9.99 Å². The van der Waals surface area contributed by atoms with Crippen molar-refractivity contribution in [3.05, 3.63) is 89.2 Å². The van der Waals surface area contributed by atoms with Crippen LogP contribution < -0.4 is 15.5 Å². The Balaban J connectivity index is 1.54. The van der Waals surface area contributed by atoms with Gasteiger partial charge in [-0.05, 0) is 62.7 Å². The molecule has 0 aliphatic heterocycles. The zero-order valence-corrected chi connectivity index (χ0v) is 16.8. The zero-order chi connectivity index (χ0) is 20.8. The minimum Gasteiger partial charge on any atom is -0.481 e. The Labute approximate surface area is 170 Å². The molecule has 3 rings (SSSR count). The number of hydrogen-bond acceptors (Lipinski definition) is 3. The standard InChI is InChI=1S/C23H25N3O3/c1-16-9-10-17(2)26(16)25-23(28)20-11-13-21(14-12-20)29-18(3)22(27)24-15-19-7-5-4-6-8-19/h4-14,18H,15H2,1-3H3,(H,24,27)(H,25,28)/t18-/m0/s1. The molecule has 0 aliphatic carbocycles. The van der Waals surface area contributed by atoms with E-state index in [-0.39, 0.29) is 11.8 Å². The third-order valence-electron chi connectivity index (χ3n) is 4.59. The number of nitrogens with one attached hydrogen (secondary N) is 2. The lowest BCUT2D eigenvalue weighted by Gasteiger charge is -2.15. The van der Waals surface area contributed by atoms with Gasteiger partial charge < -0.3 is 10.1 Å². The summed E-state index contributed by atoms with van der Waals surface area (Å²) in [5.74, 6) is 0.110. The molecule has 2 aromatic carbocycles. The van der Waals surface area contributed by atoms with Crippen LogP contribution in [-0.4, -0.2) is 22.6 Å². The molecule has 1 aromatic heterocycles. The highest BCUT2D eigenvalue weighted by Gasteiger charge is 2.15. The van der Waals surface area contributed by atoms with Crippen LogP contribution in [0.1, 0.15) is 34.2 Å². The number of nitrogens with zero attached hydrogens (tertiary/aromatic N) is 1. The molecule has 0 bridgehead atoms. The maximum Gasteiger partial charge on any atom is 0.270 e. The van der Waals surface area contributed by atoms with Crippen molar-refractivity contribution in [2.45, 2.75) is 33.4 Å². The number of aryl methyl sites for hydroxylation is 2. The highest BCUT2D eigenvalue weighted by atomic mass is 16.5. The molecule has 0 saturated carbocycles. The average Bonchev–Trinajstić information content (AvgIpc) is 3.05. The lowest BCUT2D eigenvalue weighted by molar-refractivity contribution is -0.127. The quantitative estimate of drug-likeness (QED) is 0.647. The summed E-state index contributed by atoms with van der Waals surface area (Å²) in [7, 11) is 0. The van der Waals surface area contributed by atoms with E-state index in [0.717, 1.165) is 17.0 Å². The summed E-state index contributed by atoms with van der Waals surface area (Å²) in [6, 6.07) is 20.3. The third-order valence-corrected chi connectivity index (χ3v) is 4.59. The number of carbonyl (C=O) groups is 2. The third kappa shape index (κ3) is 5.25. The summed E-state index contributed by atoms with van der Waals surface area (Å²) >= 11 is 0. The highest BCUT2D eigenvalue weighted by molar-refractivity contribution is 6.00. The van der Waals surface area contributed by atoms with Crippen LogP contribution in [0.3, 0.4) is 0 Å². The van der Waals surface area contributed by atoms with Crippen molar-refractivity contribution in [2.24, 2.45) is 0 Å². The van der Waals surface area contributed by atoms with E-state index in [2.05, 4.69) is 10.7 Å². The second-order valence-corrected chi connectivity index (χ2v) is 6.88. The van der Waals surface area contributed by atoms with E-state index < -0.39 is 6.10 Å². The molecule has 2 N–H and O–H groups in total. The summed E-state index contributed by atoms with van der Waals surface area (Å²) in [6.45, 7) is 5.99. The van der Waals surface area contributed by atoms with E-state index in [1.165, 1.54) is 0 Å². The number of amides is 2. The first-order valence-electron chi connectivity index (χ1n) is 9.48. The van der Waals surface area contributed by atoms with Crippen molar-refractivity contribution < 1.29 is 14.3 Å². The van der Waals surface area contributed by atoms with Gasteiger partial charge in [-0.25, -0.2) is 0 Å². The summed E-state index contributed by atoms with van der Waals surface area (Å²) in [5, 5.41) is 2.85. The minimum absolute atomic E-state index is 0.200. The molecule has 1 atom stereocenters. The van der Waals surface area contributed by atoms with Crippen molar-refractivity contribution in [1.29, 1.82) is 0 Å². The topological polar surface area (TPSA) is 72.4 Å². The monoisotopic (exact) mass is 391 g/mol. The number of carbonyl (C=O) groups excluding carboxylic acids is 2.